The summed E-state index contributed by atoms with van der Waals surface area (Å²) >= 11 is 1.64. The zero-order chi connectivity index (χ0) is 16.9. The Bertz CT molecular complexity index is 815. The summed E-state index contributed by atoms with van der Waals surface area (Å²) in [5.41, 5.74) is 8.74. The second-order valence-electron chi connectivity index (χ2n) is 5.32. The molecular weight excluding hydrogens is 320 g/mol. The van der Waals surface area contributed by atoms with E-state index in [1.807, 2.05) is 36.4 Å². The first-order chi connectivity index (χ1) is 11.6. The first kappa shape index (κ1) is 16.1. The fourth-order valence-electron chi connectivity index (χ4n) is 2.26. The lowest BCUT2D eigenvalue weighted by molar-refractivity contribution is 0.102. The third kappa shape index (κ3) is 3.78. The van der Waals surface area contributed by atoms with E-state index < -0.39 is 0 Å². The van der Waals surface area contributed by atoms with Crippen molar-refractivity contribution in [2.75, 3.05) is 11.1 Å². The molecule has 0 aliphatic heterocycles. The average Bonchev–Trinajstić information content (AvgIpc) is 3.10. The SMILES string of the molecule is CC(Sc1ncc[nH]1)c1ccc(C(=O)Nc2ccccc2N)cc1. The summed E-state index contributed by atoms with van der Waals surface area (Å²) in [6, 6.07) is 14.8. The van der Waals surface area contributed by atoms with Crippen molar-refractivity contribution in [3.8, 4) is 0 Å². The minimum absolute atomic E-state index is 0.175. The van der Waals surface area contributed by atoms with Gasteiger partial charge in [-0.15, -0.1) is 0 Å². The summed E-state index contributed by atoms with van der Waals surface area (Å²) in [5, 5.41) is 3.94. The molecule has 3 aromatic rings. The van der Waals surface area contributed by atoms with Crippen LogP contribution in [-0.2, 0) is 0 Å². The Labute approximate surface area is 144 Å². The quantitative estimate of drug-likeness (QED) is 0.483. The Morgan fingerprint density at radius 2 is 1.96 bits per heavy atom. The number of rotatable bonds is 5. The van der Waals surface area contributed by atoms with E-state index in [9.17, 15) is 4.79 Å². The van der Waals surface area contributed by atoms with Gasteiger partial charge in [0.15, 0.2) is 5.16 Å². The molecule has 0 aliphatic rings. The van der Waals surface area contributed by atoms with Gasteiger partial charge in [0.1, 0.15) is 0 Å². The molecule has 1 aromatic heterocycles. The molecule has 1 atom stereocenters. The van der Waals surface area contributed by atoms with Gasteiger partial charge in [-0.25, -0.2) is 4.98 Å². The van der Waals surface area contributed by atoms with Gasteiger partial charge in [-0.1, -0.05) is 36.0 Å². The number of hydrogen-bond acceptors (Lipinski definition) is 4. The van der Waals surface area contributed by atoms with Crippen molar-refractivity contribution in [2.24, 2.45) is 0 Å². The lowest BCUT2D eigenvalue weighted by atomic mass is 10.1. The fourth-order valence-corrected chi connectivity index (χ4v) is 3.15. The van der Waals surface area contributed by atoms with Crippen LogP contribution in [0.2, 0.25) is 0 Å². The maximum Gasteiger partial charge on any atom is 0.255 e. The van der Waals surface area contributed by atoms with E-state index in [4.69, 9.17) is 5.73 Å². The van der Waals surface area contributed by atoms with Crippen LogP contribution in [0.4, 0.5) is 11.4 Å². The number of para-hydroxylation sites is 2. The van der Waals surface area contributed by atoms with E-state index in [0.29, 0.717) is 16.9 Å². The van der Waals surface area contributed by atoms with Crippen molar-refractivity contribution in [3.63, 3.8) is 0 Å². The molecule has 0 fully saturated rings. The number of benzene rings is 2. The Kier molecular flexibility index (Phi) is 4.86. The van der Waals surface area contributed by atoms with Gasteiger partial charge in [-0.3, -0.25) is 4.79 Å². The molecule has 3 rings (SSSR count). The average molecular weight is 338 g/mol. The molecule has 0 saturated heterocycles. The fraction of sp³-hybridized carbons (Fsp3) is 0.111. The molecule has 5 nitrogen and oxygen atoms in total. The van der Waals surface area contributed by atoms with Gasteiger partial charge in [-0.05, 0) is 36.8 Å². The van der Waals surface area contributed by atoms with Gasteiger partial charge in [-0.2, -0.15) is 0 Å². The number of thioether (sulfide) groups is 1. The summed E-state index contributed by atoms with van der Waals surface area (Å²) < 4.78 is 0. The number of amides is 1. The lowest BCUT2D eigenvalue weighted by Crippen LogP contribution is -2.13. The number of nitrogens with zero attached hydrogens (tertiary/aromatic N) is 1. The molecule has 1 unspecified atom stereocenters. The number of nitrogens with two attached hydrogens (primary N) is 1. The smallest absolute Gasteiger partial charge is 0.255 e. The molecular formula is C18H18N4OS. The Balaban J connectivity index is 1.67. The number of imidazole rings is 1. The molecule has 1 amide bonds. The molecule has 122 valence electrons. The maximum atomic E-state index is 12.3. The number of aromatic amines is 1. The molecule has 4 N–H and O–H groups in total. The second-order valence-corrected chi connectivity index (χ2v) is 6.65. The Morgan fingerprint density at radius 3 is 2.62 bits per heavy atom. The van der Waals surface area contributed by atoms with Crippen molar-refractivity contribution in [1.82, 2.24) is 9.97 Å². The van der Waals surface area contributed by atoms with Crippen molar-refractivity contribution < 1.29 is 4.79 Å². The normalized spacial score (nSPS) is 11.9. The highest BCUT2D eigenvalue weighted by molar-refractivity contribution is 7.99. The topological polar surface area (TPSA) is 83.8 Å². The largest absolute Gasteiger partial charge is 0.397 e. The lowest BCUT2D eigenvalue weighted by Gasteiger charge is -2.11. The second kappa shape index (κ2) is 7.23. The Hall–Kier alpha value is -2.73. The zero-order valence-electron chi connectivity index (χ0n) is 13.2. The summed E-state index contributed by atoms with van der Waals surface area (Å²) in [7, 11) is 0. The van der Waals surface area contributed by atoms with Crippen LogP contribution in [0.1, 0.15) is 28.1 Å². The number of nitrogens with one attached hydrogen (secondary N) is 2. The van der Waals surface area contributed by atoms with E-state index in [1.54, 1.807) is 36.3 Å². The number of hydrogen-bond donors (Lipinski definition) is 3. The third-order valence-corrected chi connectivity index (χ3v) is 4.69. The maximum absolute atomic E-state index is 12.3. The van der Waals surface area contributed by atoms with Gasteiger partial charge >= 0.3 is 0 Å². The van der Waals surface area contributed by atoms with Crippen molar-refractivity contribution in [1.29, 1.82) is 0 Å². The third-order valence-electron chi connectivity index (χ3n) is 3.61. The summed E-state index contributed by atoms with van der Waals surface area (Å²) in [5.74, 6) is -0.175. The van der Waals surface area contributed by atoms with Gasteiger partial charge in [0, 0.05) is 23.2 Å². The van der Waals surface area contributed by atoms with E-state index in [1.165, 1.54) is 0 Å². The number of H-pyrrole nitrogens is 1. The molecule has 1 heterocycles. The van der Waals surface area contributed by atoms with E-state index >= 15 is 0 Å². The van der Waals surface area contributed by atoms with Crippen LogP contribution in [0.25, 0.3) is 0 Å². The van der Waals surface area contributed by atoms with Gasteiger partial charge in [0.25, 0.3) is 5.91 Å². The molecule has 2 aromatic carbocycles. The van der Waals surface area contributed by atoms with Crippen molar-refractivity contribution >= 4 is 29.0 Å². The van der Waals surface area contributed by atoms with Gasteiger partial charge in [0.05, 0.1) is 11.4 Å². The van der Waals surface area contributed by atoms with Gasteiger partial charge < -0.3 is 16.0 Å². The first-order valence-electron chi connectivity index (χ1n) is 7.55. The highest BCUT2D eigenvalue weighted by Gasteiger charge is 2.11. The van der Waals surface area contributed by atoms with E-state index in [2.05, 4.69) is 22.2 Å². The summed E-state index contributed by atoms with van der Waals surface area (Å²) in [6.07, 6.45) is 3.54. The summed E-state index contributed by atoms with van der Waals surface area (Å²) in [4.78, 5) is 19.6. The number of carbonyl (C=O) groups is 1. The molecule has 24 heavy (non-hydrogen) atoms. The van der Waals surface area contributed by atoms with Crippen LogP contribution < -0.4 is 11.1 Å². The van der Waals surface area contributed by atoms with E-state index in [0.717, 1.165) is 10.7 Å². The van der Waals surface area contributed by atoms with E-state index in [-0.39, 0.29) is 11.2 Å². The molecule has 0 radical (unpaired) electrons. The van der Waals surface area contributed by atoms with Gasteiger partial charge in [0.2, 0.25) is 0 Å². The zero-order valence-corrected chi connectivity index (χ0v) is 14.0. The molecule has 6 heteroatoms. The number of carbonyl (C=O) groups excluding carboxylic acids is 1. The summed E-state index contributed by atoms with van der Waals surface area (Å²) in [6.45, 7) is 2.10. The molecule has 0 spiro atoms. The van der Waals surface area contributed by atoms with Crippen LogP contribution >= 0.6 is 11.8 Å². The van der Waals surface area contributed by atoms with Crippen LogP contribution in [-0.4, -0.2) is 15.9 Å². The minimum Gasteiger partial charge on any atom is -0.397 e. The molecule has 0 bridgehead atoms. The predicted molar refractivity (Wildman–Crippen MR) is 98.1 cm³/mol. The van der Waals surface area contributed by atoms with Crippen molar-refractivity contribution in [2.45, 2.75) is 17.3 Å². The molecule has 0 saturated carbocycles. The van der Waals surface area contributed by atoms with Crippen molar-refractivity contribution in [3.05, 3.63) is 72.1 Å². The number of anilines is 2. The predicted octanol–water partition coefficient (Wildman–Crippen LogP) is 4.10. The first-order valence-corrected chi connectivity index (χ1v) is 8.43. The standard InChI is InChI=1S/C18H18N4OS/c1-12(24-18-20-10-11-21-18)13-6-8-14(9-7-13)17(23)22-16-5-3-2-4-15(16)19/h2-12H,19H2,1H3,(H,20,21)(H,22,23). The highest BCUT2D eigenvalue weighted by atomic mass is 32.2. The number of nitrogen functional groups attached to an aromatic ring is 1. The highest BCUT2D eigenvalue weighted by Crippen LogP contribution is 2.32. The van der Waals surface area contributed by atoms with Crippen LogP contribution in [0.5, 0.6) is 0 Å². The van der Waals surface area contributed by atoms with Crippen LogP contribution in [0.3, 0.4) is 0 Å². The Morgan fingerprint density at radius 1 is 1.21 bits per heavy atom. The number of aromatic nitrogens is 2. The van der Waals surface area contributed by atoms with Crippen LogP contribution in [0.15, 0.2) is 66.1 Å². The monoisotopic (exact) mass is 338 g/mol. The van der Waals surface area contributed by atoms with Crippen LogP contribution in [0, 0.1) is 0 Å². The molecule has 0 aliphatic carbocycles. The minimum atomic E-state index is -0.175.